The van der Waals surface area contributed by atoms with Crippen molar-refractivity contribution in [3.05, 3.63) is 12.2 Å². The summed E-state index contributed by atoms with van der Waals surface area (Å²) in [4.78, 5) is 35.0. The van der Waals surface area contributed by atoms with Gasteiger partial charge in [-0.2, -0.15) is 0 Å². The summed E-state index contributed by atoms with van der Waals surface area (Å²) in [6, 6.07) is 0. The smallest absolute Gasteiger partial charge is 0.253 e. The number of carbonyl (C=O) groups excluding carboxylic acids is 3. The highest BCUT2D eigenvalue weighted by atomic mass is 31.1. The van der Waals surface area contributed by atoms with E-state index in [0.717, 1.165) is 4.90 Å². The minimum absolute atomic E-state index is 0.0353. The second-order valence-electron chi connectivity index (χ2n) is 4.22. The van der Waals surface area contributed by atoms with Gasteiger partial charge in [0.15, 0.2) is 0 Å². The summed E-state index contributed by atoms with van der Waals surface area (Å²) >= 11 is 0. The Bertz CT molecular complexity index is 381. The fraction of sp³-hybridized carbons (Fsp3) is 0.583. The van der Waals surface area contributed by atoms with E-state index in [9.17, 15) is 14.4 Å². The van der Waals surface area contributed by atoms with Crippen LogP contribution >= 0.6 is 8.15 Å². The molecule has 1 rings (SSSR count). The van der Waals surface area contributed by atoms with Crippen LogP contribution in [0.3, 0.4) is 0 Å². The van der Waals surface area contributed by atoms with Gasteiger partial charge in [0.1, 0.15) is 0 Å². The lowest BCUT2D eigenvalue weighted by Crippen LogP contribution is -2.35. The Hall–Kier alpha value is -1.30. The van der Waals surface area contributed by atoms with Gasteiger partial charge in [0, 0.05) is 31.7 Å². The van der Waals surface area contributed by atoms with E-state index in [1.165, 1.54) is 12.2 Å². The van der Waals surface area contributed by atoms with Crippen molar-refractivity contribution in [3.8, 4) is 0 Å². The monoisotopic (exact) mass is 302 g/mol. The molecule has 0 spiro atoms. The molecule has 20 heavy (non-hydrogen) atoms. The summed E-state index contributed by atoms with van der Waals surface area (Å²) in [5.74, 6) is -0.966. The van der Waals surface area contributed by atoms with Gasteiger partial charge in [-0.1, -0.05) is 0 Å². The molecular weight excluding hydrogens is 283 g/mol. The molecule has 0 saturated heterocycles. The molecule has 1 aliphatic rings. The molecule has 8 heteroatoms. The van der Waals surface area contributed by atoms with Crippen molar-refractivity contribution < 1.29 is 24.0 Å². The van der Waals surface area contributed by atoms with E-state index in [4.69, 9.17) is 9.63 Å². The number of rotatable bonds is 9. The first-order valence-electron chi connectivity index (χ1n) is 6.29. The Labute approximate surface area is 118 Å². The van der Waals surface area contributed by atoms with Crippen LogP contribution in [-0.2, 0) is 18.9 Å². The number of hydrogen-bond donors (Lipinski definition) is 2. The Kier molecular flexibility index (Phi) is 7.36. The van der Waals surface area contributed by atoms with E-state index in [1.807, 2.05) is 6.66 Å². The molecule has 0 fully saturated rings. The minimum Gasteiger partial charge on any atom is -0.389 e. The van der Waals surface area contributed by atoms with Gasteiger partial charge in [-0.15, -0.1) is 0 Å². The molecule has 1 unspecified atom stereocenters. The van der Waals surface area contributed by atoms with Crippen LogP contribution in [0.15, 0.2) is 12.2 Å². The highest BCUT2D eigenvalue weighted by molar-refractivity contribution is 7.51. The SMILES string of the molecule is CP(CO)OCCCNC(=O)CCN1C(=O)C=CC1=O. The predicted molar refractivity (Wildman–Crippen MR) is 74.0 cm³/mol. The fourth-order valence-electron chi connectivity index (χ4n) is 1.51. The van der Waals surface area contributed by atoms with Gasteiger partial charge >= 0.3 is 0 Å². The van der Waals surface area contributed by atoms with E-state index < -0.39 is 8.15 Å². The molecule has 0 bridgehead atoms. The zero-order chi connectivity index (χ0) is 15.0. The molecule has 0 aromatic carbocycles. The largest absolute Gasteiger partial charge is 0.389 e. The molecule has 0 saturated carbocycles. The maximum atomic E-state index is 11.5. The van der Waals surface area contributed by atoms with E-state index in [1.54, 1.807) is 0 Å². The summed E-state index contributed by atoms with van der Waals surface area (Å²) < 4.78 is 5.30. The molecular formula is C12H19N2O5P. The molecule has 112 valence electrons. The van der Waals surface area contributed by atoms with E-state index in [-0.39, 0.29) is 37.0 Å². The molecule has 7 nitrogen and oxygen atoms in total. The molecule has 1 heterocycles. The van der Waals surface area contributed by atoms with Gasteiger partial charge in [-0.05, 0) is 13.1 Å². The Morgan fingerprint density at radius 2 is 2.05 bits per heavy atom. The summed E-state index contributed by atoms with van der Waals surface area (Å²) in [7, 11) is -0.779. The van der Waals surface area contributed by atoms with Crippen LogP contribution in [-0.4, -0.2) is 60.4 Å². The molecule has 0 radical (unpaired) electrons. The Morgan fingerprint density at radius 3 is 2.65 bits per heavy atom. The molecule has 1 aliphatic heterocycles. The third-order valence-electron chi connectivity index (χ3n) is 2.62. The van der Waals surface area contributed by atoms with Crippen LogP contribution in [0.2, 0.25) is 0 Å². The topological polar surface area (TPSA) is 95.9 Å². The van der Waals surface area contributed by atoms with Crippen molar-refractivity contribution in [3.63, 3.8) is 0 Å². The first-order valence-corrected chi connectivity index (χ1v) is 8.19. The number of hydrogen-bond acceptors (Lipinski definition) is 5. The van der Waals surface area contributed by atoms with E-state index >= 15 is 0 Å². The number of nitrogens with zero attached hydrogens (tertiary/aromatic N) is 1. The lowest BCUT2D eigenvalue weighted by atomic mass is 10.3. The second kappa shape index (κ2) is 8.79. The van der Waals surface area contributed by atoms with Gasteiger partial charge in [0.25, 0.3) is 11.8 Å². The third-order valence-corrected chi connectivity index (χ3v) is 3.64. The van der Waals surface area contributed by atoms with Gasteiger partial charge in [0.2, 0.25) is 5.91 Å². The highest BCUT2D eigenvalue weighted by Gasteiger charge is 2.23. The zero-order valence-corrected chi connectivity index (χ0v) is 12.3. The summed E-state index contributed by atoms with van der Waals surface area (Å²) in [6.45, 7) is 2.87. The number of carbonyl (C=O) groups is 3. The van der Waals surface area contributed by atoms with Crippen molar-refractivity contribution in [1.29, 1.82) is 0 Å². The molecule has 0 aromatic rings. The number of nitrogens with one attached hydrogen (secondary N) is 1. The van der Waals surface area contributed by atoms with Crippen LogP contribution < -0.4 is 5.32 Å². The molecule has 3 amide bonds. The summed E-state index contributed by atoms with van der Waals surface area (Å²) in [5, 5.41) is 11.4. The first kappa shape index (κ1) is 16.8. The normalized spacial score (nSPS) is 15.8. The predicted octanol–water partition coefficient (Wildman–Crippen LogP) is -0.199. The Balaban J connectivity index is 2.06. The lowest BCUT2D eigenvalue weighted by Gasteiger charge is -2.13. The van der Waals surface area contributed by atoms with Crippen molar-refractivity contribution in [2.75, 3.05) is 32.7 Å². The minimum atomic E-state index is -0.779. The molecule has 1 atom stereocenters. The summed E-state index contributed by atoms with van der Waals surface area (Å²) in [5.41, 5.74) is 0. The first-order chi connectivity index (χ1) is 9.54. The Morgan fingerprint density at radius 1 is 1.40 bits per heavy atom. The van der Waals surface area contributed by atoms with Gasteiger partial charge in [-0.3, -0.25) is 19.3 Å². The lowest BCUT2D eigenvalue weighted by molar-refractivity contribution is -0.137. The number of aliphatic hydroxyl groups excluding tert-OH is 1. The second-order valence-corrected chi connectivity index (χ2v) is 6.01. The van der Waals surface area contributed by atoms with Crippen LogP contribution in [0.1, 0.15) is 12.8 Å². The molecule has 0 aliphatic carbocycles. The van der Waals surface area contributed by atoms with Crippen LogP contribution in [0, 0.1) is 0 Å². The number of aliphatic hydroxyl groups is 1. The maximum Gasteiger partial charge on any atom is 0.253 e. The maximum absolute atomic E-state index is 11.5. The molecule has 0 aromatic heterocycles. The van der Waals surface area contributed by atoms with Crippen molar-refractivity contribution in [2.45, 2.75) is 12.8 Å². The van der Waals surface area contributed by atoms with Crippen LogP contribution in [0.25, 0.3) is 0 Å². The van der Waals surface area contributed by atoms with Crippen molar-refractivity contribution in [1.82, 2.24) is 10.2 Å². The average molecular weight is 302 g/mol. The number of amides is 3. The van der Waals surface area contributed by atoms with Crippen molar-refractivity contribution in [2.24, 2.45) is 0 Å². The van der Waals surface area contributed by atoms with Gasteiger partial charge in [-0.25, -0.2) is 0 Å². The summed E-state index contributed by atoms with van der Waals surface area (Å²) in [6.07, 6.45) is 3.18. The van der Waals surface area contributed by atoms with Crippen LogP contribution in [0.4, 0.5) is 0 Å². The average Bonchev–Trinajstić information content (AvgIpc) is 2.75. The van der Waals surface area contributed by atoms with Gasteiger partial charge < -0.3 is 14.9 Å². The van der Waals surface area contributed by atoms with Gasteiger partial charge in [0.05, 0.1) is 21.1 Å². The fourth-order valence-corrected chi connectivity index (χ4v) is 2.04. The third kappa shape index (κ3) is 5.77. The van der Waals surface area contributed by atoms with Crippen LogP contribution in [0.5, 0.6) is 0 Å². The van der Waals surface area contributed by atoms with Crippen molar-refractivity contribution >= 4 is 25.9 Å². The number of imide groups is 1. The quantitative estimate of drug-likeness (QED) is 0.349. The highest BCUT2D eigenvalue weighted by Crippen LogP contribution is 2.29. The zero-order valence-electron chi connectivity index (χ0n) is 11.4. The van der Waals surface area contributed by atoms with E-state index in [0.29, 0.717) is 19.6 Å². The van der Waals surface area contributed by atoms with E-state index in [2.05, 4.69) is 5.32 Å². The standard InChI is InChI=1S/C12H19N2O5P/c1-20(9-15)19-8-2-6-13-10(16)5-7-14-11(17)3-4-12(14)18/h3-4,15H,2,5-9H2,1H3,(H,13,16). The molecule has 2 N–H and O–H groups in total.